The molecular formula is C11H17N3O. The first-order valence-electron chi connectivity index (χ1n) is 5.25. The molecule has 1 fully saturated rings. The predicted octanol–water partition coefficient (Wildman–Crippen LogP) is 1.07. The third-order valence-electron chi connectivity index (χ3n) is 2.57. The van der Waals surface area contributed by atoms with Gasteiger partial charge in [0, 0.05) is 31.9 Å². The number of hydrogen-bond donors (Lipinski definition) is 2. The van der Waals surface area contributed by atoms with Gasteiger partial charge in [-0.15, -0.1) is 0 Å². The molecule has 82 valence electrons. The van der Waals surface area contributed by atoms with Crippen molar-refractivity contribution in [3.8, 4) is 0 Å². The predicted molar refractivity (Wildman–Crippen MR) is 62.2 cm³/mol. The van der Waals surface area contributed by atoms with Gasteiger partial charge < -0.3 is 10.2 Å². The largest absolute Gasteiger partial charge is 0.369 e. The van der Waals surface area contributed by atoms with Crippen molar-refractivity contribution >= 4 is 11.4 Å². The van der Waals surface area contributed by atoms with Gasteiger partial charge in [-0.2, -0.15) is 0 Å². The maximum atomic E-state index is 4.84. The van der Waals surface area contributed by atoms with Gasteiger partial charge in [-0.25, -0.2) is 0 Å². The third kappa shape index (κ3) is 2.61. The van der Waals surface area contributed by atoms with E-state index in [-0.39, 0.29) is 0 Å². The molecule has 0 bridgehead atoms. The maximum Gasteiger partial charge on any atom is 0.0636 e. The van der Waals surface area contributed by atoms with Gasteiger partial charge in [0.2, 0.25) is 0 Å². The van der Waals surface area contributed by atoms with Crippen LogP contribution in [0, 0.1) is 0 Å². The lowest BCUT2D eigenvalue weighted by Crippen LogP contribution is -2.43. The fourth-order valence-electron chi connectivity index (χ4n) is 1.78. The van der Waals surface area contributed by atoms with Crippen molar-refractivity contribution in [1.29, 1.82) is 0 Å². The van der Waals surface area contributed by atoms with Crippen molar-refractivity contribution in [2.45, 2.75) is 0 Å². The molecule has 1 aliphatic rings. The molecule has 1 aromatic carbocycles. The van der Waals surface area contributed by atoms with Gasteiger partial charge in [0.15, 0.2) is 0 Å². The number of nitrogens with one attached hydrogen (secondary N) is 2. The number of piperazine rings is 1. The molecule has 1 aromatic rings. The van der Waals surface area contributed by atoms with Gasteiger partial charge >= 0.3 is 0 Å². The lowest BCUT2D eigenvalue weighted by molar-refractivity contribution is 0.271. The minimum absolute atomic E-state index is 0.983. The van der Waals surface area contributed by atoms with E-state index in [9.17, 15) is 0 Å². The van der Waals surface area contributed by atoms with E-state index in [0.29, 0.717) is 0 Å². The number of hydrogen-bond acceptors (Lipinski definition) is 4. The first-order chi connectivity index (χ1) is 7.40. The number of rotatable bonds is 3. The van der Waals surface area contributed by atoms with Crippen molar-refractivity contribution in [2.75, 3.05) is 43.7 Å². The normalized spacial score (nSPS) is 16.5. The molecule has 1 heterocycles. The van der Waals surface area contributed by atoms with Crippen molar-refractivity contribution in [1.82, 2.24) is 5.32 Å². The molecule has 0 atom stereocenters. The van der Waals surface area contributed by atoms with Gasteiger partial charge in [0.05, 0.1) is 12.8 Å². The summed E-state index contributed by atoms with van der Waals surface area (Å²) in [5, 5.41) is 3.34. The average Bonchev–Trinajstić information content (AvgIpc) is 2.32. The molecular weight excluding hydrogens is 190 g/mol. The molecule has 0 radical (unpaired) electrons. The van der Waals surface area contributed by atoms with Crippen LogP contribution in [-0.4, -0.2) is 33.3 Å². The van der Waals surface area contributed by atoms with Gasteiger partial charge in [-0.05, 0) is 24.3 Å². The van der Waals surface area contributed by atoms with Gasteiger partial charge in [-0.1, -0.05) is 0 Å². The zero-order valence-electron chi connectivity index (χ0n) is 8.99. The monoisotopic (exact) mass is 207 g/mol. The van der Waals surface area contributed by atoms with Crippen LogP contribution in [0.25, 0.3) is 0 Å². The number of nitrogens with zero attached hydrogens (tertiary/aromatic N) is 1. The summed E-state index contributed by atoms with van der Waals surface area (Å²) in [6.45, 7) is 4.30. The zero-order valence-corrected chi connectivity index (χ0v) is 8.99. The summed E-state index contributed by atoms with van der Waals surface area (Å²) in [6, 6.07) is 8.29. The van der Waals surface area contributed by atoms with E-state index >= 15 is 0 Å². The van der Waals surface area contributed by atoms with E-state index in [2.05, 4.69) is 27.8 Å². The van der Waals surface area contributed by atoms with Crippen LogP contribution in [0.1, 0.15) is 0 Å². The molecule has 0 spiro atoms. The molecule has 1 saturated heterocycles. The van der Waals surface area contributed by atoms with E-state index in [1.165, 1.54) is 5.69 Å². The summed E-state index contributed by atoms with van der Waals surface area (Å²) in [6.07, 6.45) is 0. The summed E-state index contributed by atoms with van der Waals surface area (Å²) < 4.78 is 0. The summed E-state index contributed by atoms with van der Waals surface area (Å²) >= 11 is 0. The molecule has 0 aromatic heterocycles. The second kappa shape index (κ2) is 5.00. The van der Waals surface area contributed by atoms with Crippen molar-refractivity contribution < 1.29 is 4.84 Å². The van der Waals surface area contributed by atoms with Crippen molar-refractivity contribution in [3.05, 3.63) is 24.3 Å². The van der Waals surface area contributed by atoms with E-state index in [4.69, 9.17) is 4.84 Å². The Morgan fingerprint density at radius 1 is 1.20 bits per heavy atom. The van der Waals surface area contributed by atoms with Crippen molar-refractivity contribution in [3.63, 3.8) is 0 Å². The second-order valence-electron chi connectivity index (χ2n) is 3.59. The van der Waals surface area contributed by atoms with Crippen LogP contribution in [0.2, 0.25) is 0 Å². The van der Waals surface area contributed by atoms with Gasteiger partial charge in [-0.3, -0.25) is 10.3 Å². The lowest BCUT2D eigenvalue weighted by Gasteiger charge is -2.29. The number of anilines is 2. The van der Waals surface area contributed by atoms with E-state index in [1.54, 1.807) is 7.11 Å². The van der Waals surface area contributed by atoms with Crippen LogP contribution in [0.5, 0.6) is 0 Å². The van der Waals surface area contributed by atoms with Crippen LogP contribution < -0.4 is 15.7 Å². The molecule has 1 aliphatic heterocycles. The first kappa shape index (κ1) is 10.3. The molecule has 0 unspecified atom stereocenters. The topological polar surface area (TPSA) is 36.5 Å². The maximum absolute atomic E-state index is 4.84. The van der Waals surface area contributed by atoms with E-state index in [0.717, 1.165) is 31.9 Å². The molecule has 2 N–H and O–H groups in total. The highest BCUT2D eigenvalue weighted by Crippen LogP contribution is 2.18. The minimum Gasteiger partial charge on any atom is -0.369 e. The lowest BCUT2D eigenvalue weighted by atomic mass is 10.2. The fourth-order valence-corrected chi connectivity index (χ4v) is 1.78. The standard InChI is InChI=1S/C11H17N3O/c1-15-13-10-2-4-11(5-3-10)14-8-6-12-7-9-14/h2-5,12-13H,6-9H2,1H3. The Kier molecular flexibility index (Phi) is 3.42. The smallest absolute Gasteiger partial charge is 0.0636 e. The van der Waals surface area contributed by atoms with Crippen molar-refractivity contribution in [2.24, 2.45) is 0 Å². The molecule has 0 saturated carbocycles. The summed E-state index contributed by atoms with van der Waals surface area (Å²) in [7, 11) is 1.62. The first-order valence-corrected chi connectivity index (χ1v) is 5.25. The molecule has 0 amide bonds. The number of benzene rings is 1. The van der Waals surface area contributed by atoms with Gasteiger partial charge in [0.25, 0.3) is 0 Å². The fraction of sp³-hybridized carbons (Fsp3) is 0.455. The zero-order chi connectivity index (χ0) is 10.5. The Morgan fingerprint density at radius 3 is 2.47 bits per heavy atom. The Balaban J connectivity index is 2.02. The Hall–Kier alpha value is -1.26. The highest BCUT2D eigenvalue weighted by molar-refractivity contribution is 5.54. The molecule has 4 nitrogen and oxygen atoms in total. The van der Waals surface area contributed by atoms with E-state index in [1.807, 2.05) is 12.1 Å². The molecule has 2 rings (SSSR count). The molecule has 4 heteroatoms. The minimum atomic E-state index is 0.983. The Bertz CT molecular complexity index is 293. The summed E-state index contributed by atoms with van der Waals surface area (Å²) in [5.74, 6) is 0. The second-order valence-corrected chi connectivity index (χ2v) is 3.59. The van der Waals surface area contributed by atoms with Crippen LogP contribution in [0.4, 0.5) is 11.4 Å². The van der Waals surface area contributed by atoms with Crippen LogP contribution >= 0.6 is 0 Å². The Morgan fingerprint density at radius 2 is 1.87 bits per heavy atom. The van der Waals surface area contributed by atoms with Crippen LogP contribution in [-0.2, 0) is 4.84 Å². The van der Waals surface area contributed by atoms with Crippen LogP contribution in [0.15, 0.2) is 24.3 Å². The SMILES string of the molecule is CONc1ccc(N2CCNCC2)cc1. The molecule has 15 heavy (non-hydrogen) atoms. The Labute approximate surface area is 90.2 Å². The molecule has 0 aliphatic carbocycles. The summed E-state index contributed by atoms with van der Waals surface area (Å²) in [5.41, 5.74) is 5.07. The van der Waals surface area contributed by atoms with E-state index < -0.39 is 0 Å². The average molecular weight is 207 g/mol. The highest BCUT2D eigenvalue weighted by Gasteiger charge is 2.09. The summed E-state index contributed by atoms with van der Waals surface area (Å²) in [4.78, 5) is 7.22. The van der Waals surface area contributed by atoms with Gasteiger partial charge in [0.1, 0.15) is 0 Å². The quantitative estimate of drug-likeness (QED) is 0.727. The third-order valence-corrected chi connectivity index (χ3v) is 2.57. The highest BCUT2D eigenvalue weighted by atomic mass is 16.6. The van der Waals surface area contributed by atoms with Crippen LogP contribution in [0.3, 0.4) is 0 Å².